The highest BCUT2D eigenvalue weighted by atomic mass is 16.5. The normalized spacial score (nSPS) is 21.6. The van der Waals surface area contributed by atoms with Crippen molar-refractivity contribution in [3.8, 4) is 0 Å². The fraction of sp³-hybridized carbons (Fsp3) is 0.864. The number of carbonyl (C=O) groups excluding carboxylic acids is 3. The second-order valence-electron chi connectivity index (χ2n) is 8.38. The molecule has 1 rings (SSSR count). The predicted octanol–water partition coefficient (Wildman–Crippen LogP) is 1.33. The summed E-state index contributed by atoms with van der Waals surface area (Å²) in [6.45, 7) is 6.86. The Morgan fingerprint density at radius 1 is 1.27 bits per heavy atom. The van der Waals surface area contributed by atoms with Crippen molar-refractivity contribution in [2.75, 3.05) is 41.4 Å². The van der Waals surface area contributed by atoms with Crippen LogP contribution >= 0.6 is 0 Å². The average molecular weight is 428 g/mol. The van der Waals surface area contributed by atoms with Gasteiger partial charge in [-0.3, -0.25) is 9.59 Å². The van der Waals surface area contributed by atoms with Gasteiger partial charge in [0.15, 0.2) is 0 Å². The van der Waals surface area contributed by atoms with Crippen LogP contribution in [0.3, 0.4) is 0 Å². The van der Waals surface area contributed by atoms with Gasteiger partial charge in [-0.1, -0.05) is 27.2 Å². The number of amides is 2. The third-order valence-electron chi connectivity index (χ3n) is 6.46. The first-order chi connectivity index (χ1) is 14.3. The van der Waals surface area contributed by atoms with Gasteiger partial charge in [-0.05, 0) is 25.8 Å². The van der Waals surface area contributed by atoms with Crippen molar-refractivity contribution in [2.45, 2.75) is 70.7 Å². The molecule has 0 aromatic heterocycles. The van der Waals surface area contributed by atoms with Crippen LogP contribution in [0.5, 0.6) is 0 Å². The highest BCUT2D eigenvalue weighted by Gasteiger charge is 2.40. The molecule has 174 valence electrons. The van der Waals surface area contributed by atoms with Crippen LogP contribution in [-0.2, 0) is 23.9 Å². The van der Waals surface area contributed by atoms with E-state index in [1.165, 1.54) is 0 Å². The fourth-order valence-electron chi connectivity index (χ4n) is 4.56. The minimum atomic E-state index is -0.413. The molecule has 0 radical (unpaired) electrons. The Balaban J connectivity index is 3.02. The molecule has 8 nitrogen and oxygen atoms in total. The molecule has 0 saturated carbocycles. The van der Waals surface area contributed by atoms with Crippen molar-refractivity contribution in [1.29, 1.82) is 0 Å². The molecule has 1 N–H and O–H groups in total. The Hall–Kier alpha value is -1.51. The summed E-state index contributed by atoms with van der Waals surface area (Å²) in [5.41, 5.74) is 0. The van der Waals surface area contributed by atoms with Crippen molar-refractivity contribution >= 4 is 18.1 Å². The van der Waals surface area contributed by atoms with Gasteiger partial charge in [0.1, 0.15) is 6.29 Å². The predicted molar refractivity (Wildman–Crippen MR) is 116 cm³/mol. The Morgan fingerprint density at radius 2 is 1.93 bits per heavy atom. The van der Waals surface area contributed by atoms with E-state index in [1.807, 2.05) is 11.8 Å². The zero-order chi connectivity index (χ0) is 22.8. The van der Waals surface area contributed by atoms with Gasteiger partial charge in [-0.2, -0.15) is 0 Å². The third-order valence-corrected chi connectivity index (χ3v) is 6.46. The average Bonchev–Trinajstić information content (AvgIpc) is 3.22. The molecule has 8 heteroatoms. The number of hydrogen-bond acceptors (Lipinski definition) is 6. The lowest BCUT2D eigenvalue weighted by Gasteiger charge is -2.39. The smallest absolute Gasteiger partial charge is 0.236 e. The molecule has 2 amide bonds. The quantitative estimate of drug-likeness (QED) is 0.446. The number of likely N-dealkylation sites (N-methyl/N-ethyl adjacent to an activating group) is 2. The molecule has 0 aromatic rings. The molecule has 1 fully saturated rings. The Morgan fingerprint density at radius 3 is 2.43 bits per heavy atom. The minimum absolute atomic E-state index is 0.0210. The van der Waals surface area contributed by atoms with Gasteiger partial charge in [0.05, 0.1) is 37.3 Å². The summed E-state index contributed by atoms with van der Waals surface area (Å²) in [5.74, 6) is -0.169. The van der Waals surface area contributed by atoms with Gasteiger partial charge in [0, 0.05) is 33.7 Å². The molecule has 6 atom stereocenters. The maximum atomic E-state index is 13.3. The van der Waals surface area contributed by atoms with Crippen molar-refractivity contribution in [2.24, 2.45) is 11.8 Å². The Kier molecular flexibility index (Phi) is 11.5. The van der Waals surface area contributed by atoms with Gasteiger partial charge >= 0.3 is 0 Å². The molecule has 0 aromatic carbocycles. The van der Waals surface area contributed by atoms with Gasteiger partial charge < -0.3 is 29.4 Å². The van der Waals surface area contributed by atoms with Crippen LogP contribution in [-0.4, -0.2) is 93.6 Å². The van der Waals surface area contributed by atoms with E-state index in [0.717, 1.165) is 25.5 Å². The summed E-state index contributed by atoms with van der Waals surface area (Å²) in [6, 6.07) is -0.330. The maximum absolute atomic E-state index is 13.3. The summed E-state index contributed by atoms with van der Waals surface area (Å²) < 4.78 is 11.3. The van der Waals surface area contributed by atoms with Gasteiger partial charge in [-0.25, -0.2) is 0 Å². The van der Waals surface area contributed by atoms with Gasteiger partial charge in [-0.15, -0.1) is 0 Å². The lowest BCUT2D eigenvalue weighted by Crippen LogP contribution is -2.53. The maximum Gasteiger partial charge on any atom is 0.236 e. The molecule has 6 unspecified atom stereocenters. The third kappa shape index (κ3) is 6.49. The van der Waals surface area contributed by atoms with Crippen LogP contribution in [0.1, 0.15) is 46.5 Å². The van der Waals surface area contributed by atoms with Gasteiger partial charge in [0.25, 0.3) is 0 Å². The summed E-state index contributed by atoms with van der Waals surface area (Å²) in [4.78, 5) is 40.6. The molecule has 30 heavy (non-hydrogen) atoms. The van der Waals surface area contributed by atoms with E-state index in [1.54, 1.807) is 33.2 Å². The number of carbonyl (C=O) groups is 3. The van der Waals surface area contributed by atoms with E-state index in [4.69, 9.17) is 9.47 Å². The van der Waals surface area contributed by atoms with Crippen LogP contribution < -0.4 is 5.32 Å². The van der Waals surface area contributed by atoms with Crippen LogP contribution in [0, 0.1) is 11.8 Å². The van der Waals surface area contributed by atoms with Crippen molar-refractivity contribution in [3.05, 3.63) is 0 Å². The minimum Gasteiger partial charge on any atom is -0.379 e. The molecule has 1 aliphatic rings. The van der Waals surface area contributed by atoms with Crippen LogP contribution in [0.2, 0.25) is 0 Å². The summed E-state index contributed by atoms with van der Waals surface area (Å²) in [7, 11) is 6.70. The zero-order valence-electron chi connectivity index (χ0n) is 19.7. The van der Waals surface area contributed by atoms with E-state index in [-0.39, 0.29) is 54.8 Å². The number of aldehydes is 1. The number of likely N-dealkylation sites (tertiary alicyclic amines) is 1. The lowest BCUT2D eigenvalue weighted by molar-refractivity contribution is -0.144. The largest absolute Gasteiger partial charge is 0.379 e. The number of hydrogen-bond donors (Lipinski definition) is 1. The standard InChI is InChI=1S/C22H41N3O5/c1-8-15(2)21(24(5)20(28)13-23-4)18(29-6)12-19(27)25-11-9-10-17(25)22(30-7)16(3)14-26/h14-18,21-23H,8-13H2,1-7H3. The molecule has 0 bridgehead atoms. The number of nitrogens with one attached hydrogen (secondary N) is 1. The molecule has 1 heterocycles. The molecule has 0 spiro atoms. The van der Waals surface area contributed by atoms with Crippen molar-refractivity contribution in [3.63, 3.8) is 0 Å². The zero-order valence-corrected chi connectivity index (χ0v) is 19.7. The lowest BCUT2D eigenvalue weighted by atomic mass is 9.90. The first kappa shape index (κ1) is 26.5. The van der Waals surface area contributed by atoms with E-state index >= 15 is 0 Å². The molecule has 1 saturated heterocycles. The monoisotopic (exact) mass is 427 g/mol. The topological polar surface area (TPSA) is 88.2 Å². The number of methoxy groups -OCH3 is 2. The first-order valence-electron chi connectivity index (χ1n) is 11.0. The van der Waals surface area contributed by atoms with E-state index < -0.39 is 6.10 Å². The van der Waals surface area contributed by atoms with Crippen LogP contribution in [0.25, 0.3) is 0 Å². The number of nitrogens with zero attached hydrogens (tertiary/aromatic N) is 2. The van der Waals surface area contributed by atoms with Crippen molar-refractivity contribution < 1.29 is 23.9 Å². The van der Waals surface area contributed by atoms with E-state index in [0.29, 0.717) is 6.54 Å². The number of rotatable bonds is 13. The summed E-state index contributed by atoms with van der Waals surface area (Å²) >= 11 is 0. The van der Waals surface area contributed by atoms with E-state index in [2.05, 4.69) is 19.2 Å². The molecular formula is C22H41N3O5. The van der Waals surface area contributed by atoms with E-state index in [9.17, 15) is 14.4 Å². The molecule has 0 aliphatic carbocycles. The fourth-order valence-corrected chi connectivity index (χ4v) is 4.56. The Bertz CT molecular complexity index is 559. The highest BCUT2D eigenvalue weighted by molar-refractivity contribution is 5.79. The SMILES string of the molecule is CCC(C)C(C(CC(=O)N1CCCC1C(OC)C(C)C=O)OC)N(C)C(=O)CNC. The number of ether oxygens (including phenoxy) is 2. The van der Waals surface area contributed by atoms with Crippen LogP contribution in [0.4, 0.5) is 0 Å². The summed E-state index contributed by atoms with van der Waals surface area (Å²) in [6.07, 6.45) is 2.90. The second-order valence-corrected chi connectivity index (χ2v) is 8.38. The Labute approximate surface area is 181 Å². The van der Waals surface area contributed by atoms with Crippen molar-refractivity contribution in [1.82, 2.24) is 15.1 Å². The second kappa shape index (κ2) is 13.0. The highest BCUT2D eigenvalue weighted by Crippen LogP contribution is 2.28. The van der Waals surface area contributed by atoms with Gasteiger partial charge in [0.2, 0.25) is 11.8 Å². The van der Waals surface area contributed by atoms with Crippen LogP contribution in [0.15, 0.2) is 0 Å². The first-order valence-corrected chi connectivity index (χ1v) is 11.0. The molecular weight excluding hydrogens is 386 g/mol. The molecule has 1 aliphatic heterocycles. The summed E-state index contributed by atoms with van der Waals surface area (Å²) in [5, 5.41) is 2.89.